The molecule has 2 aliphatic carbocycles. The van der Waals surface area contributed by atoms with Gasteiger partial charge < -0.3 is 14.5 Å². The van der Waals surface area contributed by atoms with Crippen LogP contribution in [0.2, 0.25) is 23.2 Å². The summed E-state index contributed by atoms with van der Waals surface area (Å²) in [6, 6.07) is 9.89. The Kier molecular flexibility index (Phi) is 6.85. The second-order valence-corrected chi connectivity index (χ2v) is 14.4. The highest BCUT2D eigenvalue weighted by molar-refractivity contribution is 6.73. The lowest BCUT2D eigenvalue weighted by molar-refractivity contribution is 0.175. The first-order valence-corrected chi connectivity index (χ1v) is 14.0. The average molecular weight is 424 g/mol. The predicted molar refractivity (Wildman–Crippen MR) is 121 cm³/mol. The zero-order valence-electron chi connectivity index (χ0n) is 18.5. The fourth-order valence-electron chi connectivity index (χ4n) is 5.46. The van der Waals surface area contributed by atoms with Crippen molar-refractivity contribution in [2.45, 2.75) is 77.7 Å². The van der Waals surface area contributed by atoms with Gasteiger partial charge in [-0.15, -0.1) is 0 Å². The van der Waals surface area contributed by atoms with Crippen molar-refractivity contribution in [1.82, 2.24) is 5.32 Å². The molecule has 2 aliphatic rings. The molecule has 0 aliphatic heterocycles. The molecule has 0 bridgehead atoms. The van der Waals surface area contributed by atoms with Gasteiger partial charge >= 0.3 is 0 Å². The van der Waals surface area contributed by atoms with Crippen molar-refractivity contribution in [2.75, 3.05) is 13.7 Å². The van der Waals surface area contributed by atoms with Crippen LogP contribution in [0.1, 0.15) is 59.1 Å². The molecular formula is C23H38ClNO2Si. The van der Waals surface area contributed by atoms with E-state index < -0.39 is 8.32 Å². The first-order chi connectivity index (χ1) is 13.3. The second kappa shape index (κ2) is 8.67. The Labute approximate surface area is 177 Å². The van der Waals surface area contributed by atoms with Gasteiger partial charge in [-0.3, -0.25) is 0 Å². The maximum atomic E-state index is 6.95. The lowest BCUT2D eigenvalue weighted by Crippen LogP contribution is -2.41. The largest absolute Gasteiger partial charge is 0.496 e. The number of rotatable bonds is 10. The van der Waals surface area contributed by atoms with Crippen molar-refractivity contribution in [3.8, 4) is 5.75 Å². The Morgan fingerprint density at radius 3 is 2.29 bits per heavy atom. The van der Waals surface area contributed by atoms with Crippen molar-refractivity contribution < 1.29 is 9.16 Å². The van der Waals surface area contributed by atoms with Crippen LogP contribution in [0.25, 0.3) is 0 Å². The Morgan fingerprint density at radius 1 is 1.14 bits per heavy atom. The van der Waals surface area contributed by atoms with Gasteiger partial charge in [-0.1, -0.05) is 52.3 Å². The molecule has 3 atom stereocenters. The van der Waals surface area contributed by atoms with Crippen LogP contribution in [0.4, 0.5) is 0 Å². The Balaban J connectivity index is 1.77. The molecule has 0 saturated heterocycles. The van der Waals surface area contributed by atoms with E-state index >= 15 is 0 Å². The predicted octanol–water partition coefficient (Wildman–Crippen LogP) is 6.44. The molecule has 0 spiro atoms. The molecule has 1 aromatic carbocycles. The van der Waals surface area contributed by atoms with Gasteiger partial charge in [0.15, 0.2) is 8.32 Å². The van der Waals surface area contributed by atoms with Crippen molar-refractivity contribution >= 4 is 19.9 Å². The number of halogens is 1. The Morgan fingerprint density at radius 2 is 1.75 bits per heavy atom. The molecule has 0 amide bonds. The van der Waals surface area contributed by atoms with Crippen LogP contribution >= 0.6 is 11.6 Å². The molecule has 1 N–H and O–H groups in total. The minimum Gasteiger partial charge on any atom is -0.496 e. The monoisotopic (exact) mass is 423 g/mol. The zero-order chi connectivity index (χ0) is 20.5. The van der Waals surface area contributed by atoms with Crippen molar-refractivity contribution in [3.05, 3.63) is 28.8 Å². The molecule has 0 aromatic heterocycles. The van der Waals surface area contributed by atoms with Gasteiger partial charge in [0.1, 0.15) is 5.75 Å². The molecule has 1 aromatic rings. The minimum atomic E-state index is -1.78. The number of benzene rings is 1. The highest BCUT2D eigenvalue weighted by atomic mass is 35.5. The third-order valence-corrected chi connectivity index (χ3v) is 12.8. The number of ether oxygens (including phenoxy) is 1. The van der Waals surface area contributed by atoms with Gasteiger partial charge in [0, 0.05) is 18.2 Å². The molecular weight excluding hydrogens is 386 g/mol. The smallest absolute Gasteiger partial charge is 0.192 e. The van der Waals surface area contributed by atoms with Gasteiger partial charge in [0.05, 0.1) is 18.2 Å². The molecule has 158 valence electrons. The van der Waals surface area contributed by atoms with Crippen LogP contribution in [-0.2, 0) is 4.43 Å². The SMILES string of the molecule is CC[Si](CC)(CC)OC(CNC1CC2C(C1)C2(C)C)c1c(Cl)cccc1OC. The average Bonchev–Trinajstić information content (AvgIpc) is 3.02. The van der Waals surface area contributed by atoms with E-state index in [1.54, 1.807) is 7.11 Å². The number of methoxy groups -OCH3 is 1. The number of hydrogen-bond acceptors (Lipinski definition) is 3. The highest BCUT2D eigenvalue weighted by Crippen LogP contribution is 2.66. The standard InChI is InChI=1S/C23H38ClNO2Si/c1-7-28(8-2,9-3)27-21(22-19(24)11-10-12-20(22)26-6)15-25-16-13-17-18(14-16)23(17,4)5/h10-12,16-18,21,25H,7-9,13-15H2,1-6H3. The summed E-state index contributed by atoms with van der Waals surface area (Å²) in [4.78, 5) is 0. The fraction of sp³-hybridized carbons (Fsp3) is 0.739. The molecule has 2 saturated carbocycles. The van der Waals surface area contributed by atoms with E-state index in [1.165, 1.54) is 12.8 Å². The van der Waals surface area contributed by atoms with E-state index in [4.69, 9.17) is 20.8 Å². The van der Waals surface area contributed by atoms with E-state index in [9.17, 15) is 0 Å². The Hall–Kier alpha value is -0.553. The Bertz CT molecular complexity index is 654. The van der Waals surface area contributed by atoms with Gasteiger partial charge in [0.2, 0.25) is 0 Å². The maximum Gasteiger partial charge on any atom is 0.192 e. The summed E-state index contributed by atoms with van der Waals surface area (Å²) in [6.45, 7) is 12.5. The fourth-order valence-corrected chi connectivity index (χ4v) is 8.55. The quantitative estimate of drug-likeness (QED) is 0.439. The first-order valence-electron chi connectivity index (χ1n) is 11.1. The molecule has 5 heteroatoms. The minimum absolute atomic E-state index is 0.0555. The summed E-state index contributed by atoms with van der Waals surface area (Å²) in [7, 11) is -0.0620. The van der Waals surface area contributed by atoms with E-state index in [1.807, 2.05) is 18.2 Å². The summed E-state index contributed by atoms with van der Waals surface area (Å²) in [6.07, 6.45) is 2.53. The van der Waals surface area contributed by atoms with E-state index in [2.05, 4.69) is 39.9 Å². The van der Waals surface area contributed by atoms with Gasteiger partial charge in [0.25, 0.3) is 0 Å². The lowest BCUT2D eigenvalue weighted by atomic mass is 9.97. The number of hydrogen-bond donors (Lipinski definition) is 1. The van der Waals surface area contributed by atoms with Gasteiger partial charge in [-0.05, 0) is 60.4 Å². The molecule has 3 rings (SSSR count). The summed E-state index contributed by atoms with van der Waals surface area (Å²) >= 11 is 6.65. The zero-order valence-corrected chi connectivity index (χ0v) is 20.2. The molecule has 28 heavy (non-hydrogen) atoms. The highest BCUT2D eigenvalue weighted by Gasteiger charge is 2.61. The van der Waals surface area contributed by atoms with Crippen LogP contribution in [-0.4, -0.2) is 28.0 Å². The molecule has 2 fully saturated rings. The van der Waals surface area contributed by atoms with Crippen LogP contribution in [0.15, 0.2) is 18.2 Å². The molecule has 3 nitrogen and oxygen atoms in total. The molecule has 3 unspecified atom stereocenters. The summed E-state index contributed by atoms with van der Waals surface area (Å²) in [5.41, 5.74) is 1.57. The second-order valence-electron chi connectivity index (χ2n) is 9.32. The topological polar surface area (TPSA) is 30.5 Å². The van der Waals surface area contributed by atoms with Gasteiger partial charge in [-0.2, -0.15) is 0 Å². The maximum absolute atomic E-state index is 6.95. The van der Waals surface area contributed by atoms with E-state index in [-0.39, 0.29) is 6.10 Å². The normalized spacial score (nSPS) is 26.8. The van der Waals surface area contributed by atoms with Crippen molar-refractivity contribution in [1.29, 1.82) is 0 Å². The molecule has 0 heterocycles. The van der Waals surface area contributed by atoms with Crippen LogP contribution in [0.3, 0.4) is 0 Å². The van der Waals surface area contributed by atoms with Crippen molar-refractivity contribution in [2.24, 2.45) is 17.3 Å². The van der Waals surface area contributed by atoms with Gasteiger partial charge in [-0.25, -0.2) is 0 Å². The lowest BCUT2D eigenvalue weighted by Gasteiger charge is -2.35. The van der Waals surface area contributed by atoms with Crippen LogP contribution in [0.5, 0.6) is 5.75 Å². The van der Waals surface area contributed by atoms with E-state index in [0.717, 1.165) is 52.8 Å². The number of fused-ring (bicyclic) bond motifs is 1. The van der Waals surface area contributed by atoms with Crippen molar-refractivity contribution in [3.63, 3.8) is 0 Å². The third kappa shape index (κ3) is 4.16. The van der Waals surface area contributed by atoms with Crippen LogP contribution in [0, 0.1) is 17.3 Å². The third-order valence-electron chi connectivity index (χ3n) is 7.84. The number of nitrogens with one attached hydrogen (secondary N) is 1. The molecule has 0 radical (unpaired) electrons. The summed E-state index contributed by atoms with van der Waals surface area (Å²) < 4.78 is 12.6. The summed E-state index contributed by atoms with van der Waals surface area (Å²) in [5, 5.41) is 4.58. The van der Waals surface area contributed by atoms with E-state index in [0.29, 0.717) is 11.5 Å². The summed E-state index contributed by atoms with van der Waals surface area (Å²) in [5.74, 6) is 2.63. The first kappa shape index (κ1) is 22.1. The van der Waals surface area contributed by atoms with Crippen LogP contribution < -0.4 is 10.1 Å².